The molecule has 1 aliphatic rings. The average molecular weight is 315 g/mol. The van der Waals surface area contributed by atoms with Crippen LogP contribution in [0.3, 0.4) is 0 Å². The number of fused-ring (bicyclic) bond motifs is 1. The maximum Gasteiger partial charge on any atom is 0.255 e. The van der Waals surface area contributed by atoms with Crippen LogP contribution in [0.5, 0.6) is 0 Å². The lowest BCUT2D eigenvalue weighted by Crippen LogP contribution is -2.38. The molecule has 0 saturated carbocycles. The summed E-state index contributed by atoms with van der Waals surface area (Å²) in [7, 11) is 0. The molecule has 0 aliphatic carbocycles. The standard InChI is InChI=1S/C15H13N3OS2/c19-15(11-3-7-20-10-11)17-4-5-18-12(8-16-14(18)9-17)13-2-1-6-21-13/h1-3,6-8,10H,4-5,9H2. The summed E-state index contributed by atoms with van der Waals surface area (Å²) in [5, 5.41) is 5.91. The number of nitrogens with zero attached hydrogens (tertiary/aromatic N) is 3. The molecule has 0 saturated heterocycles. The molecule has 106 valence electrons. The Labute approximate surface area is 130 Å². The number of amides is 1. The highest BCUT2D eigenvalue weighted by Crippen LogP contribution is 2.28. The molecule has 21 heavy (non-hydrogen) atoms. The molecule has 0 spiro atoms. The Morgan fingerprint density at radius 2 is 2.19 bits per heavy atom. The van der Waals surface area contributed by atoms with Crippen molar-refractivity contribution >= 4 is 28.6 Å². The zero-order chi connectivity index (χ0) is 14.2. The van der Waals surface area contributed by atoms with Crippen LogP contribution in [0.2, 0.25) is 0 Å². The van der Waals surface area contributed by atoms with Crippen LogP contribution in [-0.4, -0.2) is 26.9 Å². The van der Waals surface area contributed by atoms with E-state index < -0.39 is 0 Å². The lowest BCUT2D eigenvalue weighted by atomic mass is 10.2. The fourth-order valence-corrected chi connectivity index (χ4v) is 4.00. The van der Waals surface area contributed by atoms with Gasteiger partial charge >= 0.3 is 0 Å². The van der Waals surface area contributed by atoms with Crippen molar-refractivity contribution in [3.8, 4) is 10.6 Å². The Balaban J connectivity index is 1.61. The number of hydrogen-bond donors (Lipinski definition) is 0. The van der Waals surface area contributed by atoms with E-state index in [1.165, 1.54) is 4.88 Å². The second-order valence-electron chi connectivity index (χ2n) is 4.93. The summed E-state index contributed by atoms with van der Waals surface area (Å²) in [4.78, 5) is 20.0. The summed E-state index contributed by atoms with van der Waals surface area (Å²) in [6.45, 7) is 2.12. The molecule has 0 fully saturated rings. The molecular formula is C15H13N3OS2. The third kappa shape index (κ3) is 2.20. The first-order valence-electron chi connectivity index (χ1n) is 6.72. The van der Waals surface area contributed by atoms with Gasteiger partial charge in [0.05, 0.1) is 28.9 Å². The predicted octanol–water partition coefficient (Wildman–Crippen LogP) is 3.33. The van der Waals surface area contributed by atoms with Gasteiger partial charge in [-0.25, -0.2) is 4.98 Å². The first-order chi connectivity index (χ1) is 10.3. The highest BCUT2D eigenvalue weighted by atomic mass is 32.1. The van der Waals surface area contributed by atoms with Crippen LogP contribution in [0.4, 0.5) is 0 Å². The van der Waals surface area contributed by atoms with Crippen molar-refractivity contribution in [2.24, 2.45) is 0 Å². The lowest BCUT2D eigenvalue weighted by molar-refractivity contribution is 0.0708. The zero-order valence-corrected chi connectivity index (χ0v) is 12.9. The van der Waals surface area contributed by atoms with Crippen molar-refractivity contribution in [3.05, 3.63) is 51.9 Å². The molecule has 4 nitrogen and oxygen atoms in total. The van der Waals surface area contributed by atoms with Gasteiger partial charge in [-0.05, 0) is 22.9 Å². The van der Waals surface area contributed by atoms with Crippen LogP contribution < -0.4 is 0 Å². The second-order valence-corrected chi connectivity index (χ2v) is 6.66. The van der Waals surface area contributed by atoms with E-state index in [9.17, 15) is 4.79 Å². The number of aromatic nitrogens is 2. The molecule has 0 unspecified atom stereocenters. The van der Waals surface area contributed by atoms with Crippen LogP contribution in [0.1, 0.15) is 16.2 Å². The minimum atomic E-state index is 0.100. The number of rotatable bonds is 2. The Bertz CT molecular complexity index is 759. The normalized spacial score (nSPS) is 14.2. The van der Waals surface area contributed by atoms with Crippen molar-refractivity contribution in [1.29, 1.82) is 0 Å². The van der Waals surface area contributed by atoms with E-state index in [2.05, 4.69) is 27.1 Å². The number of carbonyl (C=O) groups excluding carboxylic acids is 1. The van der Waals surface area contributed by atoms with Gasteiger partial charge in [-0.1, -0.05) is 6.07 Å². The summed E-state index contributed by atoms with van der Waals surface area (Å²) < 4.78 is 2.23. The van der Waals surface area contributed by atoms with E-state index in [-0.39, 0.29) is 5.91 Å². The molecule has 1 aliphatic heterocycles. The quantitative estimate of drug-likeness (QED) is 0.727. The van der Waals surface area contributed by atoms with E-state index in [4.69, 9.17) is 0 Å². The molecule has 0 N–H and O–H groups in total. The van der Waals surface area contributed by atoms with Gasteiger partial charge in [0.25, 0.3) is 5.91 Å². The Morgan fingerprint density at radius 3 is 2.95 bits per heavy atom. The third-order valence-electron chi connectivity index (χ3n) is 3.69. The summed E-state index contributed by atoms with van der Waals surface area (Å²) in [5.41, 5.74) is 1.93. The lowest BCUT2D eigenvalue weighted by Gasteiger charge is -2.28. The Morgan fingerprint density at radius 1 is 1.24 bits per heavy atom. The highest BCUT2D eigenvalue weighted by Gasteiger charge is 2.24. The molecule has 4 rings (SSSR count). The van der Waals surface area contributed by atoms with Gasteiger partial charge in [0, 0.05) is 18.5 Å². The molecule has 3 aromatic heterocycles. The molecule has 1 amide bonds. The van der Waals surface area contributed by atoms with Gasteiger partial charge in [-0.15, -0.1) is 11.3 Å². The topological polar surface area (TPSA) is 38.1 Å². The molecular weight excluding hydrogens is 302 g/mol. The fraction of sp³-hybridized carbons (Fsp3) is 0.200. The van der Waals surface area contributed by atoms with Crippen molar-refractivity contribution in [2.45, 2.75) is 13.1 Å². The van der Waals surface area contributed by atoms with Crippen LogP contribution in [-0.2, 0) is 13.1 Å². The molecule has 0 bridgehead atoms. The van der Waals surface area contributed by atoms with Crippen LogP contribution in [0.25, 0.3) is 10.6 Å². The monoisotopic (exact) mass is 315 g/mol. The van der Waals surface area contributed by atoms with Gasteiger partial charge in [0.1, 0.15) is 5.82 Å². The van der Waals surface area contributed by atoms with Crippen molar-refractivity contribution in [2.75, 3.05) is 6.54 Å². The largest absolute Gasteiger partial charge is 0.329 e. The van der Waals surface area contributed by atoms with Gasteiger partial charge < -0.3 is 9.47 Å². The van der Waals surface area contributed by atoms with Crippen molar-refractivity contribution in [1.82, 2.24) is 14.5 Å². The van der Waals surface area contributed by atoms with E-state index in [0.717, 1.165) is 30.2 Å². The van der Waals surface area contributed by atoms with Gasteiger partial charge in [0.15, 0.2) is 0 Å². The first-order valence-corrected chi connectivity index (χ1v) is 8.55. The van der Waals surface area contributed by atoms with Crippen LogP contribution in [0, 0.1) is 0 Å². The Hall–Kier alpha value is -1.92. The zero-order valence-electron chi connectivity index (χ0n) is 11.2. The number of imidazole rings is 1. The maximum absolute atomic E-state index is 12.4. The van der Waals surface area contributed by atoms with Gasteiger partial charge in [0.2, 0.25) is 0 Å². The maximum atomic E-state index is 12.4. The summed E-state index contributed by atoms with van der Waals surface area (Å²) in [6.07, 6.45) is 1.92. The van der Waals surface area contributed by atoms with Crippen LogP contribution in [0.15, 0.2) is 40.5 Å². The second kappa shape index (κ2) is 5.13. The minimum absolute atomic E-state index is 0.100. The van der Waals surface area contributed by atoms with E-state index >= 15 is 0 Å². The molecule has 0 atom stereocenters. The molecule has 0 radical (unpaired) electrons. The van der Waals surface area contributed by atoms with E-state index in [1.54, 1.807) is 22.7 Å². The highest BCUT2D eigenvalue weighted by molar-refractivity contribution is 7.13. The SMILES string of the molecule is O=C(c1ccsc1)N1CCn2c(-c3cccs3)cnc2C1. The minimum Gasteiger partial charge on any atom is -0.329 e. The molecule has 4 heterocycles. The number of carbonyl (C=O) groups is 1. The fourth-order valence-electron chi connectivity index (χ4n) is 2.62. The van der Waals surface area contributed by atoms with Crippen molar-refractivity contribution in [3.63, 3.8) is 0 Å². The smallest absolute Gasteiger partial charge is 0.255 e. The van der Waals surface area contributed by atoms with E-state index in [0.29, 0.717) is 6.54 Å². The molecule has 3 aromatic rings. The van der Waals surface area contributed by atoms with Gasteiger partial charge in [-0.3, -0.25) is 4.79 Å². The Kier molecular flexibility index (Phi) is 3.12. The van der Waals surface area contributed by atoms with E-state index in [1.807, 2.05) is 27.9 Å². The van der Waals surface area contributed by atoms with Crippen LogP contribution >= 0.6 is 22.7 Å². The third-order valence-corrected chi connectivity index (χ3v) is 5.27. The van der Waals surface area contributed by atoms with Crippen molar-refractivity contribution < 1.29 is 4.79 Å². The summed E-state index contributed by atoms with van der Waals surface area (Å²) >= 11 is 3.27. The molecule has 0 aromatic carbocycles. The summed E-state index contributed by atoms with van der Waals surface area (Å²) in [6, 6.07) is 6.04. The van der Waals surface area contributed by atoms with Gasteiger partial charge in [-0.2, -0.15) is 11.3 Å². The molecule has 6 heteroatoms. The number of hydrogen-bond acceptors (Lipinski definition) is 4. The summed E-state index contributed by atoms with van der Waals surface area (Å²) in [5.74, 6) is 1.07. The first kappa shape index (κ1) is 12.8. The number of thiophene rings is 2. The predicted molar refractivity (Wildman–Crippen MR) is 84.6 cm³/mol. The average Bonchev–Trinajstić information content (AvgIpc) is 3.24.